The molecule has 0 saturated carbocycles. The first-order valence-corrected chi connectivity index (χ1v) is 6.80. The first-order chi connectivity index (χ1) is 9.63. The van der Waals surface area contributed by atoms with Crippen molar-refractivity contribution in [2.45, 2.75) is 38.8 Å². The monoisotopic (exact) mass is 281 g/mol. The Morgan fingerprint density at radius 3 is 2.65 bits per heavy atom. The number of methoxy groups -OCH3 is 2. The number of aliphatic carboxylic acids is 1. The molecule has 112 valence electrons. The third-order valence-electron chi connectivity index (χ3n) is 3.17. The lowest BCUT2D eigenvalue weighted by Gasteiger charge is -2.17. The van der Waals surface area contributed by atoms with Crippen LogP contribution in [0.3, 0.4) is 0 Å². The maximum absolute atomic E-state index is 11.2. The first-order valence-electron chi connectivity index (χ1n) is 6.80. The number of carbonyl (C=O) groups is 1. The Bertz CT molecular complexity index is 434. The summed E-state index contributed by atoms with van der Waals surface area (Å²) < 4.78 is 10.6. The Kier molecular flexibility index (Phi) is 6.87. The molecule has 5 nitrogen and oxygen atoms in total. The van der Waals surface area contributed by atoms with Gasteiger partial charge in [0, 0.05) is 12.1 Å². The van der Waals surface area contributed by atoms with Crippen molar-refractivity contribution in [3.63, 3.8) is 0 Å². The lowest BCUT2D eigenvalue weighted by atomic mass is 10.1. The first kappa shape index (κ1) is 16.3. The molecule has 0 aliphatic carbocycles. The highest BCUT2D eigenvalue weighted by Crippen LogP contribution is 2.30. The van der Waals surface area contributed by atoms with Gasteiger partial charge in [-0.05, 0) is 12.5 Å². The van der Waals surface area contributed by atoms with Crippen molar-refractivity contribution in [2.24, 2.45) is 0 Å². The van der Waals surface area contributed by atoms with E-state index in [0.717, 1.165) is 18.4 Å². The van der Waals surface area contributed by atoms with E-state index in [0.29, 0.717) is 24.5 Å². The SMILES string of the molecule is CCCC[C@H](NCc1cccc(OC)c1OC)C(=O)O. The summed E-state index contributed by atoms with van der Waals surface area (Å²) in [6.45, 7) is 2.48. The van der Waals surface area contributed by atoms with Crippen LogP contribution in [0.5, 0.6) is 11.5 Å². The van der Waals surface area contributed by atoms with Crippen LogP contribution in [0.4, 0.5) is 0 Å². The summed E-state index contributed by atoms with van der Waals surface area (Å²) in [6.07, 6.45) is 2.49. The molecule has 0 aliphatic rings. The summed E-state index contributed by atoms with van der Waals surface area (Å²) in [4.78, 5) is 11.2. The molecule has 20 heavy (non-hydrogen) atoms. The highest BCUT2D eigenvalue weighted by Gasteiger charge is 2.17. The van der Waals surface area contributed by atoms with Crippen LogP contribution in [0.1, 0.15) is 31.7 Å². The fourth-order valence-electron chi connectivity index (χ4n) is 2.05. The van der Waals surface area contributed by atoms with Gasteiger partial charge in [0.25, 0.3) is 0 Å². The third kappa shape index (κ3) is 4.42. The number of unbranched alkanes of at least 4 members (excludes halogenated alkanes) is 1. The zero-order valence-corrected chi connectivity index (χ0v) is 12.3. The second-order valence-electron chi connectivity index (χ2n) is 4.57. The molecule has 0 amide bonds. The average Bonchev–Trinajstić information content (AvgIpc) is 2.46. The normalized spacial score (nSPS) is 11.9. The molecule has 1 rings (SSSR count). The van der Waals surface area contributed by atoms with Crippen molar-refractivity contribution in [1.29, 1.82) is 0 Å². The summed E-state index contributed by atoms with van der Waals surface area (Å²) in [6, 6.07) is 5.03. The molecule has 0 bridgehead atoms. The van der Waals surface area contributed by atoms with Crippen LogP contribution in [-0.2, 0) is 11.3 Å². The van der Waals surface area contributed by atoms with E-state index in [2.05, 4.69) is 5.32 Å². The van der Waals surface area contributed by atoms with E-state index in [9.17, 15) is 9.90 Å². The van der Waals surface area contributed by atoms with Crippen LogP contribution < -0.4 is 14.8 Å². The van der Waals surface area contributed by atoms with Crippen molar-refractivity contribution in [2.75, 3.05) is 14.2 Å². The van der Waals surface area contributed by atoms with Crippen LogP contribution in [0.15, 0.2) is 18.2 Å². The number of nitrogens with one attached hydrogen (secondary N) is 1. The quantitative estimate of drug-likeness (QED) is 0.727. The molecule has 0 aromatic heterocycles. The number of hydrogen-bond donors (Lipinski definition) is 2. The molecule has 2 N–H and O–H groups in total. The molecular formula is C15H23NO4. The van der Waals surface area contributed by atoms with Crippen molar-refractivity contribution in [3.05, 3.63) is 23.8 Å². The van der Waals surface area contributed by atoms with Crippen molar-refractivity contribution >= 4 is 5.97 Å². The smallest absolute Gasteiger partial charge is 0.320 e. The number of rotatable bonds is 9. The van der Waals surface area contributed by atoms with Gasteiger partial charge < -0.3 is 19.9 Å². The lowest BCUT2D eigenvalue weighted by molar-refractivity contribution is -0.139. The van der Waals surface area contributed by atoms with E-state index in [1.54, 1.807) is 14.2 Å². The van der Waals surface area contributed by atoms with Crippen LogP contribution in [0.2, 0.25) is 0 Å². The van der Waals surface area contributed by atoms with Crippen molar-refractivity contribution < 1.29 is 19.4 Å². The Morgan fingerprint density at radius 1 is 1.35 bits per heavy atom. The number of hydrogen-bond acceptors (Lipinski definition) is 4. The Morgan fingerprint density at radius 2 is 2.10 bits per heavy atom. The summed E-state index contributed by atoms with van der Waals surface area (Å²) >= 11 is 0. The van der Waals surface area contributed by atoms with Gasteiger partial charge in [-0.3, -0.25) is 4.79 Å². The predicted octanol–water partition coefficient (Wildman–Crippen LogP) is 2.44. The third-order valence-corrected chi connectivity index (χ3v) is 3.17. The number of ether oxygens (including phenoxy) is 2. The van der Waals surface area contributed by atoms with Crippen molar-refractivity contribution in [3.8, 4) is 11.5 Å². The Hall–Kier alpha value is -1.75. The molecule has 1 atom stereocenters. The molecule has 0 fully saturated rings. The van der Waals surface area contributed by atoms with Gasteiger partial charge in [0.05, 0.1) is 14.2 Å². The van der Waals surface area contributed by atoms with Gasteiger partial charge in [-0.25, -0.2) is 0 Å². The van der Waals surface area contributed by atoms with E-state index in [-0.39, 0.29) is 0 Å². The molecule has 5 heteroatoms. The Labute approximate surface area is 119 Å². The van der Waals surface area contributed by atoms with E-state index >= 15 is 0 Å². The summed E-state index contributed by atoms with van der Waals surface area (Å²) in [5, 5.41) is 12.2. The molecule has 0 aliphatic heterocycles. The minimum Gasteiger partial charge on any atom is -0.493 e. The highest BCUT2D eigenvalue weighted by molar-refractivity contribution is 5.73. The highest BCUT2D eigenvalue weighted by atomic mass is 16.5. The molecule has 0 radical (unpaired) electrons. The molecule has 0 saturated heterocycles. The maximum Gasteiger partial charge on any atom is 0.320 e. The Balaban J connectivity index is 2.74. The van der Waals surface area contributed by atoms with Crippen LogP contribution in [0, 0.1) is 0 Å². The molecule has 0 spiro atoms. The van der Waals surface area contributed by atoms with Crippen LogP contribution in [-0.4, -0.2) is 31.3 Å². The zero-order valence-electron chi connectivity index (χ0n) is 12.3. The van der Waals surface area contributed by atoms with Gasteiger partial charge in [-0.15, -0.1) is 0 Å². The van der Waals surface area contributed by atoms with E-state index in [1.165, 1.54) is 0 Å². The van der Waals surface area contributed by atoms with Gasteiger partial charge in [-0.1, -0.05) is 31.9 Å². The molecule has 1 aromatic carbocycles. The number of para-hydroxylation sites is 1. The zero-order chi connectivity index (χ0) is 15.0. The second-order valence-corrected chi connectivity index (χ2v) is 4.57. The summed E-state index contributed by atoms with van der Waals surface area (Å²) in [7, 11) is 3.16. The summed E-state index contributed by atoms with van der Waals surface area (Å²) in [5.41, 5.74) is 0.884. The summed E-state index contributed by atoms with van der Waals surface area (Å²) in [5.74, 6) is 0.467. The predicted molar refractivity (Wildman–Crippen MR) is 77.3 cm³/mol. The number of carboxylic acids is 1. The van der Waals surface area contributed by atoms with Gasteiger partial charge in [0.15, 0.2) is 11.5 Å². The standard InChI is InChI=1S/C15H23NO4/c1-4-5-8-12(15(17)18)16-10-11-7-6-9-13(19-2)14(11)20-3/h6-7,9,12,16H,4-5,8,10H2,1-3H3,(H,17,18)/t12-/m0/s1. The van der Waals surface area contributed by atoms with Crippen LogP contribution in [0.25, 0.3) is 0 Å². The fraction of sp³-hybridized carbons (Fsp3) is 0.533. The minimum absolute atomic E-state index is 0.432. The minimum atomic E-state index is -0.819. The molecule has 1 aromatic rings. The lowest BCUT2D eigenvalue weighted by Crippen LogP contribution is -2.36. The fourth-order valence-corrected chi connectivity index (χ4v) is 2.05. The topological polar surface area (TPSA) is 67.8 Å². The average molecular weight is 281 g/mol. The largest absolute Gasteiger partial charge is 0.493 e. The van der Waals surface area contributed by atoms with Gasteiger partial charge >= 0.3 is 5.97 Å². The molecule has 0 unspecified atom stereocenters. The van der Waals surface area contributed by atoms with Crippen molar-refractivity contribution in [1.82, 2.24) is 5.32 Å². The number of benzene rings is 1. The van der Waals surface area contributed by atoms with E-state index < -0.39 is 12.0 Å². The van der Waals surface area contributed by atoms with Gasteiger partial charge in [-0.2, -0.15) is 0 Å². The molecule has 0 heterocycles. The van der Waals surface area contributed by atoms with E-state index in [4.69, 9.17) is 9.47 Å². The van der Waals surface area contributed by atoms with Gasteiger partial charge in [0.1, 0.15) is 6.04 Å². The second kappa shape index (κ2) is 8.43. The maximum atomic E-state index is 11.2. The number of carboxylic acid groups (broad SMARTS) is 1. The van der Waals surface area contributed by atoms with Gasteiger partial charge in [0.2, 0.25) is 0 Å². The molecular weight excluding hydrogens is 258 g/mol. The van der Waals surface area contributed by atoms with E-state index in [1.807, 2.05) is 25.1 Å². The van der Waals surface area contributed by atoms with Crippen LogP contribution >= 0.6 is 0 Å².